The number of rotatable bonds is 3. The molecule has 2 rings (SSSR count). The summed E-state index contributed by atoms with van der Waals surface area (Å²) in [7, 11) is 0. The van der Waals surface area contributed by atoms with Crippen LogP contribution in [0.2, 0.25) is 0 Å². The summed E-state index contributed by atoms with van der Waals surface area (Å²) in [6.45, 7) is 2.12. The van der Waals surface area contributed by atoms with Crippen LogP contribution in [0.3, 0.4) is 0 Å². The van der Waals surface area contributed by atoms with Gasteiger partial charge in [0.15, 0.2) is 0 Å². The monoisotopic (exact) mass is 223 g/mol. The Hall–Kier alpha value is -2.27. The van der Waals surface area contributed by atoms with E-state index >= 15 is 0 Å². The summed E-state index contributed by atoms with van der Waals surface area (Å²) in [4.78, 5) is 0. The number of ether oxygens (including phenoxy) is 1. The maximum Gasteiger partial charge on any atom is 0.127 e. The Balaban J connectivity index is 2.11. The molecule has 0 heterocycles. The molecule has 0 saturated carbocycles. The first kappa shape index (κ1) is 11.2. The van der Waals surface area contributed by atoms with Crippen LogP contribution in [-0.2, 0) is 6.42 Å². The van der Waals surface area contributed by atoms with Gasteiger partial charge in [-0.05, 0) is 48.4 Å². The molecule has 0 radical (unpaired) electrons. The SMILES string of the molecule is CCc1ccc(Oc2ccc(C#N)cc2)cc1. The van der Waals surface area contributed by atoms with Gasteiger partial charge in [-0.15, -0.1) is 0 Å². The molecule has 2 aromatic carbocycles. The van der Waals surface area contributed by atoms with E-state index in [0.29, 0.717) is 5.56 Å². The minimum Gasteiger partial charge on any atom is -0.457 e. The number of nitrogens with zero attached hydrogens (tertiary/aromatic N) is 1. The molecule has 2 aromatic rings. The van der Waals surface area contributed by atoms with E-state index in [0.717, 1.165) is 17.9 Å². The number of nitriles is 1. The molecule has 0 aliphatic heterocycles. The highest BCUT2D eigenvalue weighted by molar-refractivity contribution is 5.37. The Morgan fingerprint density at radius 2 is 1.47 bits per heavy atom. The number of aryl methyl sites for hydroxylation is 1. The predicted molar refractivity (Wildman–Crippen MR) is 67.1 cm³/mol. The summed E-state index contributed by atoms with van der Waals surface area (Å²) in [6, 6.07) is 17.2. The molecular weight excluding hydrogens is 210 g/mol. The van der Waals surface area contributed by atoms with E-state index in [1.807, 2.05) is 12.1 Å². The molecule has 0 bridgehead atoms. The van der Waals surface area contributed by atoms with E-state index in [4.69, 9.17) is 10.00 Å². The lowest BCUT2D eigenvalue weighted by Crippen LogP contribution is -1.85. The average molecular weight is 223 g/mol. The van der Waals surface area contributed by atoms with Crippen molar-refractivity contribution in [1.82, 2.24) is 0 Å². The highest BCUT2D eigenvalue weighted by Crippen LogP contribution is 2.21. The minimum atomic E-state index is 0.638. The number of benzene rings is 2. The Morgan fingerprint density at radius 3 is 1.94 bits per heavy atom. The molecule has 0 atom stereocenters. The second kappa shape index (κ2) is 5.18. The summed E-state index contributed by atoms with van der Waals surface area (Å²) in [5.74, 6) is 1.56. The first-order chi connectivity index (χ1) is 8.31. The lowest BCUT2D eigenvalue weighted by atomic mass is 10.2. The molecule has 2 nitrogen and oxygen atoms in total. The molecule has 0 saturated heterocycles. The van der Waals surface area contributed by atoms with Crippen molar-refractivity contribution in [3.8, 4) is 17.6 Å². The molecule has 17 heavy (non-hydrogen) atoms. The van der Waals surface area contributed by atoms with Crippen molar-refractivity contribution in [3.05, 3.63) is 59.7 Å². The van der Waals surface area contributed by atoms with Gasteiger partial charge in [0.05, 0.1) is 11.6 Å². The van der Waals surface area contributed by atoms with Crippen LogP contribution >= 0.6 is 0 Å². The van der Waals surface area contributed by atoms with Crippen LogP contribution in [0.15, 0.2) is 48.5 Å². The molecule has 0 aliphatic rings. The fourth-order valence-electron chi connectivity index (χ4n) is 1.53. The van der Waals surface area contributed by atoms with E-state index in [1.54, 1.807) is 24.3 Å². The molecule has 84 valence electrons. The molecule has 2 heteroatoms. The van der Waals surface area contributed by atoms with Gasteiger partial charge in [-0.3, -0.25) is 0 Å². The van der Waals surface area contributed by atoms with Crippen LogP contribution in [0.1, 0.15) is 18.1 Å². The Kier molecular flexibility index (Phi) is 3.42. The zero-order chi connectivity index (χ0) is 12.1. The van der Waals surface area contributed by atoms with Crippen molar-refractivity contribution in [2.75, 3.05) is 0 Å². The smallest absolute Gasteiger partial charge is 0.127 e. The molecule has 0 unspecified atom stereocenters. The largest absolute Gasteiger partial charge is 0.457 e. The van der Waals surface area contributed by atoms with Gasteiger partial charge in [0.25, 0.3) is 0 Å². The van der Waals surface area contributed by atoms with Crippen LogP contribution in [0.25, 0.3) is 0 Å². The third-order valence-electron chi connectivity index (χ3n) is 2.55. The Labute approximate surface area is 101 Å². The molecule has 0 fully saturated rings. The van der Waals surface area contributed by atoms with Gasteiger partial charge in [-0.2, -0.15) is 5.26 Å². The maximum atomic E-state index is 8.69. The molecule has 0 aliphatic carbocycles. The second-order valence-corrected chi connectivity index (χ2v) is 3.74. The second-order valence-electron chi connectivity index (χ2n) is 3.74. The highest BCUT2D eigenvalue weighted by atomic mass is 16.5. The highest BCUT2D eigenvalue weighted by Gasteiger charge is 1.97. The van der Waals surface area contributed by atoms with E-state index in [9.17, 15) is 0 Å². The quantitative estimate of drug-likeness (QED) is 0.790. The van der Waals surface area contributed by atoms with Gasteiger partial charge in [0.2, 0.25) is 0 Å². The van der Waals surface area contributed by atoms with Gasteiger partial charge in [0, 0.05) is 0 Å². The Morgan fingerprint density at radius 1 is 0.941 bits per heavy atom. The van der Waals surface area contributed by atoms with Gasteiger partial charge in [0.1, 0.15) is 11.5 Å². The van der Waals surface area contributed by atoms with Crippen molar-refractivity contribution < 1.29 is 4.74 Å². The van der Waals surface area contributed by atoms with E-state index < -0.39 is 0 Å². The van der Waals surface area contributed by atoms with E-state index in [-0.39, 0.29) is 0 Å². The van der Waals surface area contributed by atoms with Gasteiger partial charge < -0.3 is 4.74 Å². The summed E-state index contributed by atoms with van der Waals surface area (Å²) in [6.07, 6.45) is 1.02. The van der Waals surface area contributed by atoms with Gasteiger partial charge in [-0.1, -0.05) is 19.1 Å². The van der Waals surface area contributed by atoms with Crippen LogP contribution in [0.5, 0.6) is 11.5 Å². The zero-order valence-corrected chi connectivity index (χ0v) is 9.68. The van der Waals surface area contributed by atoms with Crippen molar-refractivity contribution in [3.63, 3.8) is 0 Å². The molecule has 0 N–H and O–H groups in total. The van der Waals surface area contributed by atoms with Gasteiger partial charge >= 0.3 is 0 Å². The molecular formula is C15H13NO. The average Bonchev–Trinajstić information content (AvgIpc) is 2.40. The first-order valence-electron chi connectivity index (χ1n) is 5.59. The van der Waals surface area contributed by atoms with E-state index in [1.165, 1.54) is 5.56 Å². The fraction of sp³-hybridized carbons (Fsp3) is 0.133. The summed E-state index contributed by atoms with van der Waals surface area (Å²) in [5.41, 5.74) is 1.93. The summed E-state index contributed by atoms with van der Waals surface area (Å²) < 4.78 is 5.67. The van der Waals surface area contributed by atoms with Gasteiger partial charge in [-0.25, -0.2) is 0 Å². The predicted octanol–water partition coefficient (Wildman–Crippen LogP) is 3.91. The van der Waals surface area contributed by atoms with Crippen LogP contribution in [-0.4, -0.2) is 0 Å². The summed E-state index contributed by atoms with van der Waals surface area (Å²) in [5, 5.41) is 8.69. The van der Waals surface area contributed by atoms with Crippen molar-refractivity contribution >= 4 is 0 Å². The van der Waals surface area contributed by atoms with Crippen molar-refractivity contribution in [2.24, 2.45) is 0 Å². The molecule has 0 spiro atoms. The summed E-state index contributed by atoms with van der Waals surface area (Å²) >= 11 is 0. The van der Waals surface area contributed by atoms with Crippen LogP contribution in [0.4, 0.5) is 0 Å². The molecule has 0 amide bonds. The normalized spacial score (nSPS) is 9.65. The number of hydrogen-bond donors (Lipinski definition) is 0. The van der Waals surface area contributed by atoms with E-state index in [2.05, 4.69) is 25.1 Å². The number of hydrogen-bond acceptors (Lipinski definition) is 2. The lowest BCUT2D eigenvalue weighted by molar-refractivity contribution is 0.482. The standard InChI is InChI=1S/C15H13NO/c1-2-12-3-7-14(8-4-12)17-15-9-5-13(11-16)6-10-15/h3-10H,2H2,1H3. The Bertz CT molecular complexity index is 520. The zero-order valence-electron chi connectivity index (χ0n) is 9.68. The minimum absolute atomic E-state index is 0.638. The first-order valence-corrected chi connectivity index (χ1v) is 5.59. The molecule has 0 aromatic heterocycles. The maximum absolute atomic E-state index is 8.69. The third-order valence-corrected chi connectivity index (χ3v) is 2.55. The van der Waals surface area contributed by atoms with Crippen molar-refractivity contribution in [1.29, 1.82) is 5.26 Å². The van der Waals surface area contributed by atoms with Crippen LogP contribution < -0.4 is 4.74 Å². The third kappa shape index (κ3) is 2.85. The van der Waals surface area contributed by atoms with Crippen molar-refractivity contribution in [2.45, 2.75) is 13.3 Å². The lowest BCUT2D eigenvalue weighted by Gasteiger charge is -2.06. The fourth-order valence-corrected chi connectivity index (χ4v) is 1.53. The topological polar surface area (TPSA) is 33.0 Å². The van der Waals surface area contributed by atoms with Crippen LogP contribution in [0, 0.1) is 11.3 Å².